The van der Waals surface area contributed by atoms with Crippen LogP contribution < -0.4 is 0 Å². The lowest BCUT2D eigenvalue weighted by atomic mass is 9.94. The van der Waals surface area contributed by atoms with E-state index < -0.39 is 10.0 Å². The molecule has 0 bridgehead atoms. The lowest BCUT2D eigenvalue weighted by Gasteiger charge is -2.40. The molecule has 7 heteroatoms. The first-order valence-electron chi connectivity index (χ1n) is 10.8. The Bertz CT molecular complexity index is 826. The standard InChI is InChI=1S/C22H35N3O3S/c1-17-10-11-21(18(2)16-17)29(27,28)25-14-12-24(13-15-25)19(3)22(26)23(4)20-8-6-5-7-9-20/h10-11,16,19-20H,5-9,12-15H2,1-4H3/t19-/m0/s1. The van der Waals surface area contributed by atoms with Crippen molar-refractivity contribution in [2.45, 2.75) is 69.9 Å². The highest BCUT2D eigenvalue weighted by molar-refractivity contribution is 7.89. The molecule has 1 saturated carbocycles. The number of likely N-dealkylation sites (N-methyl/N-ethyl adjacent to an activating group) is 1. The fourth-order valence-corrected chi connectivity index (χ4v) is 6.29. The largest absolute Gasteiger partial charge is 0.341 e. The number of sulfonamides is 1. The highest BCUT2D eigenvalue weighted by atomic mass is 32.2. The smallest absolute Gasteiger partial charge is 0.243 e. The van der Waals surface area contributed by atoms with Gasteiger partial charge < -0.3 is 4.90 Å². The molecule has 2 fully saturated rings. The van der Waals surface area contributed by atoms with E-state index >= 15 is 0 Å². The summed E-state index contributed by atoms with van der Waals surface area (Å²) in [6.45, 7) is 7.75. The lowest BCUT2D eigenvalue weighted by molar-refractivity contribution is -0.138. The summed E-state index contributed by atoms with van der Waals surface area (Å²) in [6.07, 6.45) is 5.86. The number of rotatable bonds is 5. The third-order valence-electron chi connectivity index (χ3n) is 6.60. The third kappa shape index (κ3) is 4.84. The number of benzene rings is 1. The SMILES string of the molecule is Cc1ccc(S(=O)(=O)N2CCN([C@@H](C)C(=O)N(C)C3CCCCC3)CC2)c(C)c1. The summed E-state index contributed by atoms with van der Waals surface area (Å²) in [5, 5.41) is 0. The summed E-state index contributed by atoms with van der Waals surface area (Å²) in [5.41, 5.74) is 1.84. The van der Waals surface area contributed by atoms with Crippen LogP contribution in [0.25, 0.3) is 0 Å². The molecule has 162 valence electrons. The molecule has 0 spiro atoms. The second-order valence-electron chi connectivity index (χ2n) is 8.63. The van der Waals surface area contributed by atoms with Crippen LogP contribution in [0.15, 0.2) is 23.1 Å². The van der Waals surface area contributed by atoms with Gasteiger partial charge in [0.2, 0.25) is 15.9 Å². The number of piperazine rings is 1. The van der Waals surface area contributed by atoms with E-state index in [4.69, 9.17) is 0 Å². The Labute approximate surface area is 175 Å². The van der Waals surface area contributed by atoms with E-state index in [1.807, 2.05) is 44.9 Å². The minimum absolute atomic E-state index is 0.155. The molecule has 2 aliphatic rings. The molecule has 0 radical (unpaired) electrons. The Hall–Kier alpha value is -1.44. The van der Waals surface area contributed by atoms with Gasteiger partial charge in [-0.2, -0.15) is 4.31 Å². The van der Waals surface area contributed by atoms with Crippen LogP contribution in [-0.2, 0) is 14.8 Å². The van der Waals surface area contributed by atoms with E-state index in [2.05, 4.69) is 4.90 Å². The van der Waals surface area contributed by atoms with Crippen molar-refractivity contribution in [1.29, 1.82) is 0 Å². The van der Waals surface area contributed by atoms with Gasteiger partial charge in [-0.05, 0) is 45.2 Å². The van der Waals surface area contributed by atoms with E-state index in [0.717, 1.165) is 24.0 Å². The molecule has 1 aromatic carbocycles. The second-order valence-corrected chi connectivity index (χ2v) is 10.5. The highest BCUT2D eigenvalue weighted by Gasteiger charge is 2.34. The van der Waals surface area contributed by atoms with Crippen LogP contribution in [0, 0.1) is 13.8 Å². The van der Waals surface area contributed by atoms with Gasteiger partial charge >= 0.3 is 0 Å². The van der Waals surface area contributed by atoms with Crippen LogP contribution in [0.4, 0.5) is 0 Å². The van der Waals surface area contributed by atoms with E-state index in [1.54, 1.807) is 10.4 Å². The zero-order valence-corrected chi connectivity index (χ0v) is 19.0. The molecule has 0 unspecified atom stereocenters. The van der Waals surface area contributed by atoms with Crippen molar-refractivity contribution >= 4 is 15.9 Å². The van der Waals surface area contributed by atoms with Crippen LogP contribution in [-0.4, -0.2) is 73.7 Å². The first-order chi connectivity index (χ1) is 13.7. The number of carbonyl (C=O) groups is 1. The molecular formula is C22H35N3O3S. The summed E-state index contributed by atoms with van der Waals surface area (Å²) in [7, 11) is -1.57. The third-order valence-corrected chi connectivity index (χ3v) is 8.66. The molecule has 0 aromatic heterocycles. The van der Waals surface area contributed by atoms with Gasteiger partial charge in [-0.15, -0.1) is 0 Å². The minimum Gasteiger partial charge on any atom is -0.341 e. The van der Waals surface area contributed by atoms with Gasteiger partial charge in [0.15, 0.2) is 0 Å². The fraction of sp³-hybridized carbons (Fsp3) is 0.682. The number of nitrogens with zero attached hydrogens (tertiary/aromatic N) is 3. The summed E-state index contributed by atoms with van der Waals surface area (Å²) in [4.78, 5) is 17.4. The van der Waals surface area contributed by atoms with Crippen molar-refractivity contribution in [1.82, 2.24) is 14.1 Å². The number of carbonyl (C=O) groups excluding carboxylic acids is 1. The van der Waals surface area contributed by atoms with Crippen molar-refractivity contribution in [2.75, 3.05) is 33.2 Å². The number of hydrogen-bond donors (Lipinski definition) is 0. The van der Waals surface area contributed by atoms with Crippen LogP contribution in [0.3, 0.4) is 0 Å². The van der Waals surface area contributed by atoms with Crippen molar-refractivity contribution < 1.29 is 13.2 Å². The van der Waals surface area contributed by atoms with Crippen LogP contribution in [0.2, 0.25) is 0 Å². The molecule has 0 N–H and O–H groups in total. The average molecular weight is 422 g/mol. The zero-order valence-electron chi connectivity index (χ0n) is 18.2. The Morgan fingerprint density at radius 1 is 1.07 bits per heavy atom. The highest BCUT2D eigenvalue weighted by Crippen LogP contribution is 2.24. The van der Waals surface area contributed by atoms with Crippen molar-refractivity contribution in [2.24, 2.45) is 0 Å². The van der Waals surface area contributed by atoms with Crippen molar-refractivity contribution in [3.8, 4) is 0 Å². The van der Waals surface area contributed by atoms with Gasteiger partial charge in [-0.25, -0.2) is 8.42 Å². The van der Waals surface area contributed by atoms with Gasteiger partial charge in [0, 0.05) is 39.3 Å². The maximum atomic E-state index is 13.1. The molecule has 1 aliphatic carbocycles. The van der Waals surface area contributed by atoms with Crippen LogP contribution >= 0.6 is 0 Å². The summed E-state index contributed by atoms with van der Waals surface area (Å²) in [6, 6.07) is 5.60. The van der Waals surface area contributed by atoms with Gasteiger partial charge in [0.25, 0.3) is 0 Å². The molecule has 1 saturated heterocycles. The first-order valence-corrected chi connectivity index (χ1v) is 12.2. The Morgan fingerprint density at radius 2 is 1.69 bits per heavy atom. The van der Waals surface area contributed by atoms with Gasteiger partial charge in [-0.1, -0.05) is 37.0 Å². The quantitative estimate of drug-likeness (QED) is 0.734. The molecule has 6 nitrogen and oxygen atoms in total. The number of amides is 1. The minimum atomic E-state index is -3.50. The Kier molecular flexibility index (Phi) is 7.02. The van der Waals surface area contributed by atoms with Crippen molar-refractivity contribution in [3.05, 3.63) is 29.3 Å². The van der Waals surface area contributed by atoms with E-state index in [0.29, 0.717) is 37.1 Å². The molecule has 29 heavy (non-hydrogen) atoms. The van der Waals surface area contributed by atoms with Crippen LogP contribution in [0.1, 0.15) is 50.2 Å². The summed E-state index contributed by atoms with van der Waals surface area (Å²) < 4.78 is 27.7. The lowest BCUT2D eigenvalue weighted by Crippen LogP contribution is -2.56. The van der Waals surface area contributed by atoms with Gasteiger partial charge in [0.1, 0.15) is 0 Å². The second kappa shape index (κ2) is 9.14. The maximum Gasteiger partial charge on any atom is 0.243 e. The topological polar surface area (TPSA) is 60.9 Å². The first kappa shape index (κ1) is 22.2. The molecule has 1 aromatic rings. The van der Waals surface area contributed by atoms with E-state index in [-0.39, 0.29) is 11.9 Å². The van der Waals surface area contributed by atoms with E-state index in [9.17, 15) is 13.2 Å². The number of hydrogen-bond acceptors (Lipinski definition) is 4. The molecular weight excluding hydrogens is 386 g/mol. The zero-order chi connectivity index (χ0) is 21.2. The summed E-state index contributed by atoms with van der Waals surface area (Å²) >= 11 is 0. The average Bonchev–Trinajstić information content (AvgIpc) is 2.72. The summed E-state index contributed by atoms with van der Waals surface area (Å²) in [5.74, 6) is 0.155. The van der Waals surface area contributed by atoms with Gasteiger partial charge in [-0.3, -0.25) is 9.69 Å². The molecule has 1 amide bonds. The normalized spacial score (nSPS) is 21.1. The Morgan fingerprint density at radius 3 is 2.28 bits per heavy atom. The predicted octanol–water partition coefficient (Wildman–Crippen LogP) is 2.79. The molecule has 3 rings (SSSR count). The van der Waals surface area contributed by atoms with E-state index in [1.165, 1.54) is 19.3 Å². The molecule has 1 atom stereocenters. The van der Waals surface area contributed by atoms with Gasteiger partial charge in [0.05, 0.1) is 10.9 Å². The Balaban J connectivity index is 1.61. The van der Waals surface area contributed by atoms with Crippen LogP contribution in [0.5, 0.6) is 0 Å². The molecule has 1 aliphatic heterocycles. The van der Waals surface area contributed by atoms with Crippen molar-refractivity contribution in [3.63, 3.8) is 0 Å². The number of aryl methyl sites for hydroxylation is 2. The maximum absolute atomic E-state index is 13.1. The monoisotopic (exact) mass is 421 g/mol. The fourth-order valence-electron chi connectivity index (χ4n) is 4.66. The predicted molar refractivity (Wildman–Crippen MR) is 115 cm³/mol. The molecule has 1 heterocycles.